The number of nitrogens with zero attached hydrogens (tertiary/aromatic N) is 1. The molecule has 2 aromatic carbocycles. The highest BCUT2D eigenvalue weighted by Crippen LogP contribution is 2.35. The summed E-state index contributed by atoms with van der Waals surface area (Å²) in [5.74, 6) is 0.656. The van der Waals surface area contributed by atoms with Crippen molar-refractivity contribution in [3.63, 3.8) is 0 Å². The molecule has 0 atom stereocenters. The Morgan fingerprint density at radius 2 is 1.94 bits per heavy atom. The summed E-state index contributed by atoms with van der Waals surface area (Å²) in [6, 6.07) is 12.5. The second kappa shape index (κ2) is 4.99. The van der Waals surface area contributed by atoms with Crippen LogP contribution in [0, 0.1) is 11.3 Å². The number of benzene rings is 2. The van der Waals surface area contributed by atoms with Gasteiger partial charge in [-0.3, -0.25) is 0 Å². The molecule has 18 heavy (non-hydrogen) atoms. The maximum absolute atomic E-state index is 8.95. The van der Waals surface area contributed by atoms with E-state index in [1.807, 2.05) is 0 Å². The van der Waals surface area contributed by atoms with Crippen LogP contribution < -0.4 is 10.5 Å². The lowest BCUT2D eigenvalue weighted by Crippen LogP contribution is -1.94. The molecule has 0 radical (unpaired) electrons. The normalized spacial score (nSPS) is 9.83. The summed E-state index contributed by atoms with van der Waals surface area (Å²) in [5.41, 5.74) is 8.60. The summed E-state index contributed by atoms with van der Waals surface area (Å²) < 4.78 is 5.29. The highest BCUT2D eigenvalue weighted by molar-refractivity contribution is 6.31. The highest BCUT2D eigenvalue weighted by atomic mass is 35.5. The Hall–Kier alpha value is -2.18. The van der Waals surface area contributed by atoms with Gasteiger partial charge in [0.15, 0.2) is 0 Å². The predicted molar refractivity (Wildman–Crippen MR) is 72.6 cm³/mol. The first-order valence-electron chi connectivity index (χ1n) is 5.29. The number of anilines is 1. The third kappa shape index (κ3) is 2.24. The molecule has 0 saturated heterocycles. The van der Waals surface area contributed by atoms with Gasteiger partial charge in [-0.15, -0.1) is 0 Å². The molecule has 0 spiro atoms. The molecular formula is C14H11ClN2O. The van der Waals surface area contributed by atoms with Gasteiger partial charge in [-0.1, -0.05) is 11.6 Å². The molecule has 0 aliphatic carbocycles. The van der Waals surface area contributed by atoms with Crippen LogP contribution in [-0.4, -0.2) is 7.11 Å². The molecule has 2 N–H and O–H groups in total. The highest BCUT2D eigenvalue weighted by Gasteiger charge is 2.10. The van der Waals surface area contributed by atoms with Gasteiger partial charge in [-0.05, 0) is 36.4 Å². The molecule has 0 unspecified atom stereocenters. The second-order valence-electron chi connectivity index (χ2n) is 3.76. The van der Waals surface area contributed by atoms with Crippen LogP contribution in [-0.2, 0) is 0 Å². The Balaban J connectivity index is 2.69. The van der Waals surface area contributed by atoms with Crippen LogP contribution in [0.2, 0.25) is 5.02 Å². The third-order valence-corrected chi connectivity index (χ3v) is 2.87. The first-order valence-corrected chi connectivity index (χ1v) is 5.67. The summed E-state index contributed by atoms with van der Waals surface area (Å²) in [6.07, 6.45) is 0. The van der Waals surface area contributed by atoms with Gasteiger partial charge in [-0.2, -0.15) is 5.26 Å². The molecule has 4 heteroatoms. The van der Waals surface area contributed by atoms with Crippen LogP contribution in [0.5, 0.6) is 5.75 Å². The molecule has 0 bridgehead atoms. The van der Waals surface area contributed by atoms with E-state index in [4.69, 9.17) is 27.3 Å². The van der Waals surface area contributed by atoms with E-state index >= 15 is 0 Å². The molecule has 0 aliphatic heterocycles. The van der Waals surface area contributed by atoms with Gasteiger partial charge in [-0.25, -0.2) is 0 Å². The number of nitriles is 1. The first kappa shape index (κ1) is 12.3. The van der Waals surface area contributed by atoms with Crippen molar-refractivity contribution in [2.45, 2.75) is 0 Å². The number of nitrogens with two attached hydrogens (primary N) is 1. The van der Waals surface area contributed by atoms with Gasteiger partial charge in [0, 0.05) is 21.8 Å². The van der Waals surface area contributed by atoms with Gasteiger partial charge in [0.2, 0.25) is 0 Å². The van der Waals surface area contributed by atoms with E-state index in [-0.39, 0.29) is 0 Å². The van der Waals surface area contributed by atoms with Crippen LogP contribution >= 0.6 is 11.6 Å². The topological polar surface area (TPSA) is 59.0 Å². The largest absolute Gasteiger partial charge is 0.496 e. The number of halogens is 1. The number of methoxy groups -OCH3 is 1. The van der Waals surface area contributed by atoms with E-state index < -0.39 is 0 Å². The second-order valence-corrected chi connectivity index (χ2v) is 4.19. The third-order valence-electron chi connectivity index (χ3n) is 2.63. The minimum Gasteiger partial charge on any atom is -0.496 e. The molecule has 0 heterocycles. The van der Waals surface area contributed by atoms with E-state index in [9.17, 15) is 0 Å². The molecule has 2 rings (SSSR count). The zero-order valence-electron chi connectivity index (χ0n) is 9.77. The SMILES string of the molecule is COc1ccc(C#N)cc1-c1cc(Cl)ccc1N. The smallest absolute Gasteiger partial charge is 0.126 e. The average molecular weight is 259 g/mol. The fraction of sp³-hybridized carbons (Fsp3) is 0.0714. The van der Waals surface area contributed by atoms with Gasteiger partial charge in [0.05, 0.1) is 18.7 Å². The minimum atomic E-state index is 0.546. The first-order chi connectivity index (χ1) is 8.65. The number of hydrogen-bond donors (Lipinski definition) is 1. The molecule has 0 fully saturated rings. The van der Waals surface area contributed by atoms with Crippen molar-refractivity contribution in [3.8, 4) is 22.9 Å². The Kier molecular flexibility index (Phi) is 3.40. The summed E-state index contributed by atoms with van der Waals surface area (Å²) in [5, 5.41) is 9.53. The van der Waals surface area contributed by atoms with Crippen LogP contribution in [0.3, 0.4) is 0 Å². The van der Waals surface area contributed by atoms with Crippen molar-refractivity contribution >= 4 is 17.3 Å². The summed E-state index contributed by atoms with van der Waals surface area (Å²) >= 11 is 5.97. The zero-order chi connectivity index (χ0) is 13.1. The number of nitrogen functional groups attached to an aromatic ring is 1. The lowest BCUT2D eigenvalue weighted by atomic mass is 10.0. The molecule has 0 aliphatic rings. The van der Waals surface area contributed by atoms with Gasteiger partial charge >= 0.3 is 0 Å². The van der Waals surface area contributed by atoms with Crippen molar-refractivity contribution in [1.29, 1.82) is 5.26 Å². The maximum atomic E-state index is 8.95. The van der Waals surface area contributed by atoms with Crippen LogP contribution in [0.15, 0.2) is 36.4 Å². The van der Waals surface area contributed by atoms with Crippen LogP contribution in [0.1, 0.15) is 5.56 Å². The Morgan fingerprint density at radius 1 is 1.17 bits per heavy atom. The van der Waals surface area contributed by atoms with Crippen molar-refractivity contribution in [3.05, 3.63) is 47.0 Å². The lowest BCUT2D eigenvalue weighted by molar-refractivity contribution is 0.416. The van der Waals surface area contributed by atoms with E-state index in [1.54, 1.807) is 43.5 Å². The number of rotatable bonds is 2. The Bertz CT molecular complexity index is 632. The van der Waals surface area contributed by atoms with Gasteiger partial charge < -0.3 is 10.5 Å². The average Bonchev–Trinajstić information content (AvgIpc) is 2.40. The Morgan fingerprint density at radius 3 is 2.61 bits per heavy atom. The molecule has 0 aromatic heterocycles. The van der Waals surface area contributed by atoms with Gasteiger partial charge in [0.25, 0.3) is 0 Å². The quantitative estimate of drug-likeness (QED) is 0.839. The standard InChI is InChI=1S/C14H11ClN2O/c1-18-14-5-2-9(8-16)6-12(14)11-7-10(15)3-4-13(11)17/h2-7H,17H2,1H3. The molecular weight excluding hydrogens is 248 g/mol. The zero-order valence-corrected chi connectivity index (χ0v) is 10.5. The summed E-state index contributed by atoms with van der Waals surface area (Å²) in [7, 11) is 1.58. The van der Waals surface area contributed by atoms with E-state index in [0.717, 1.165) is 11.1 Å². The van der Waals surface area contributed by atoms with Crippen LogP contribution in [0.4, 0.5) is 5.69 Å². The van der Waals surface area contributed by atoms with Crippen molar-refractivity contribution in [2.75, 3.05) is 12.8 Å². The van der Waals surface area contributed by atoms with Crippen LogP contribution in [0.25, 0.3) is 11.1 Å². The van der Waals surface area contributed by atoms with Crippen molar-refractivity contribution in [1.82, 2.24) is 0 Å². The molecule has 3 nitrogen and oxygen atoms in total. The van der Waals surface area contributed by atoms with E-state index in [2.05, 4.69) is 6.07 Å². The number of hydrogen-bond acceptors (Lipinski definition) is 3. The minimum absolute atomic E-state index is 0.546. The molecule has 2 aromatic rings. The Labute approximate surface area is 110 Å². The fourth-order valence-corrected chi connectivity index (χ4v) is 1.92. The summed E-state index contributed by atoms with van der Waals surface area (Å²) in [4.78, 5) is 0. The van der Waals surface area contributed by atoms with E-state index in [0.29, 0.717) is 22.0 Å². The van der Waals surface area contributed by atoms with Crippen molar-refractivity contribution in [2.24, 2.45) is 0 Å². The number of ether oxygens (including phenoxy) is 1. The molecule has 0 amide bonds. The van der Waals surface area contributed by atoms with Crippen molar-refractivity contribution < 1.29 is 4.74 Å². The van der Waals surface area contributed by atoms with Gasteiger partial charge in [0.1, 0.15) is 5.75 Å². The van der Waals surface area contributed by atoms with E-state index in [1.165, 1.54) is 0 Å². The maximum Gasteiger partial charge on any atom is 0.126 e. The molecule has 0 saturated carbocycles. The predicted octanol–water partition coefficient (Wildman–Crippen LogP) is 3.47. The monoisotopic (exact) mass is 258 g/mol. The lowest BCUT2D eigenvalue weighted by Gasteiger charge is -2.11. The fourth-order valence-electron chi connectivity index (χ4n) is 1.75. The molecule has 90 valence electrons. The summed E-state index contributed by atoms with van der Waals surface area (Å²) in [6.45, 7) is 0.